The van der Waals surface area contributed by atoms with E-state index >= 15 is 0 Å². The van der Waals surface area contributed by atoms with E-state index in [1.54, 1.807) is 4.31 Å². The van der Waals surface area contributed by atoms with Crippen LogP contribution in [0.4, 0.5) is 0 Å². The van der Waals surface area contributed by atoms with Gasteiger partial charge in [0.2, 0.25) is 0 Å². The minimum atomic E-state index is -3.31. The quantitative estimate of drug-likeness (QED) is 0.836. The van der Waals surface area contributed by atoms with Gasteiger partial charge in [-0.25, -0.2) is 0 Å². The first kappa shape index (κ1) is 15.2. The highest BCUT2D eigenvalue weighted by Gasteiger charge is 2.28. The van der Waals surface area contributed by atoms with Crippen LogP contribution in [0.15, 0.2) is 36.4 Å². The third-order valence-corrected chi connectivity index (χ3v) is 5.83. The highest BCUT2D eigenvalue weighted by molar-refractivity contribution is 7.86. The molecule has 0 N–H and O–H groups in total. The molecule has 1 aromatic carbocycles. The molecule has 0 saturated carbocycles. The topological polar surface area (TPSA) is 40.6 Å². The van der Waals surface area contributed by atoms with E-state index in [4.69, 9.17) is 0 Å². The van der Waals surface area contributed by atoms with Gasteiger partial charge in [0.05, 0.1) is 0 Å². The van der Waals surface area contributed by atoms with Crippen molar-refractivity contribution in [2.24, 2.45) is 0 Å². The second-order valence-electron chi connectivity index (χ2n) is 4.80. The van der Waals surface area contributed by atoms with E-state index in [0.29, 0.717) is 26.2 Å². The van der Waals surface area contributed by atoms with Crippen LogP contribution < -0.4 is 0 Å². The van der Waals surface area contributed by atoms with Gasteiger partial charge in [-0.1, -0.05) is 50.3 Å². The smallest absolute Gasteiger partial charge is 0.195 e. The summed E-state index contributed by atoms with van der Waals surface area (Å²) >= 11 is 0. The van der Waals surface area contributed by atoms with Crippen LogP contribution in [0.5, 0.6) is 0 Å². The Bertz CT molecular complexity index is 563. The van der Waals surface area contributed by atoms with Gasteiger partial charge in [-0.3, -0.25) is 0 Å². The van der Waals surface area contributed by atoms with Crippen molar-refractivity contribution in [2.75, 3.05) is 26.2 Å². The molecule has 0 spiro atoms. The molecule has 20 heavy (non-hydrogen) atoms. The predicted octanol–water partition coefficient (Wildman–Crippen LogP) is 2.36. The van der Waals surface area contributed by atoms with Crippen molar-refractivity contribution in [3.63, 3.8) is 0 Å². The van der Waals surface area contributed by atoms with Crippen LogP contribution in [-0.2, 0) is 10.2 Å². The maximum atomic E-state index is 12.4. The molecule has 1 aliphatic rings. The fraction of sp³-hybridized carbons (Fsp3) is 0.467. The number of rotatable bonds is 5. The summed E-state index contributed by atoms with van der Waals surface area (Å²) in [6.45, 7) is 5.80. The Labute approximate surface area is 121 Å². The van der Waals surface area contributed by atoms with Gasteiger partial charge in [0, 0.05) is 26.2 Å². The third kappa shape index (κ3) is 3.11. The molecule has 2 rings (SSSR count). The van der Waals surface area contributed by atoms with E-state index in [2.05, 4.69) is 12.1 Å². The van der Waals surface area contributed by atoms with Crippen LogP contribution in [0.3, 0.4) is 0 Å². The maximum Gasteiger partial charge on any atom is 0.282 e. The van der Waals surface area contributed by atoms with Crippen molar-refractivity contribution in [2.45, 2.75) is 20.3 Å². The highest BCUT2D eigenvalue weighted by atomic mass is 32.2. The summed E-state index contributed by atoms with van der Waals surface area (Å²) in [5.41, 5.74) is 2.42. The zero-order valence-corrected chi connectivity index (χ0v) is 12.9. The summed E-state index contributed by atoms with van der Waals surface area (Å²) in [5, 5.41) is 0. The minimum absolute atomic E-state index is 0.461. The average molecular weight is 294 g/mol. The normalized spacial score (nSPS) is 17.2. The van der Waals surface area contributed by atoms with Gasteiger partial charge in [0.1, 0.15) is 0 Å². The Kier molecular flexibility index (Phi) is 4.96. The summed E-state index contributed by atoms with van der Waals surface area (Å²) in [5.74, 6) is 0. The van der Waals surface area contributed by atoms with Crippen LogP contribution in [-0.4, -0.2) is 43.2 Å². The monoisotopic (exact) mass is 294 g/mol. The van der Waals surface area contributed by atoms with Crippen LogP contribution in [0.1, 0.15) is 25.8 Å². The van der Waals surface area contributed by atoms with E-state index in [1.807, 2.05) is 38.1 Å². The van der Waals surface area contributed by atoms with Gasteiger partial charge in [0.15, 0.2) is 0 Å². The molecule has 0 atom stereocenters. The molecule has 0 unspecified atom stereocenters. The Morgan fingerprint density at radius 2 is 1.80 bits per heavy atom. The molecule has 4 nitrogen and oxygen atoms in total. The zero-order chi connectivity index (χ0) is 14.6. The molecule has 1 heterocycles. The van der Waals surface area contributed by atoms with E-state index in [9.17, 15) is 8.42 Å². The number of hydrogen-bond acceptors (Lipinski definition) is 2. The molecule has 0 amide bonds. The van der Waals surface area contributed by atoms with E-state index in [0.717, 1.165) is 6.42 Å². The molecule has 0 aliphatic carbocycles. The second-order valence-corrected chi connectivity index (χ2v) is 6.72. The van der Waals surface area contributed by atoms with Gasteiger partial charge >= 0.3 is 0 Å². The molecule has 0 radical (unpaired) electrons. The molecule has 5 heteroatoms. The van der Waals surface area contributed by atoms with Crippen molar-refractivity contribution >= 4 is 15.8 Å². The fourth-order valence-electron chi connectivity index (χ4n) is 2.49. The molecule has 1 aromatic rings. The largest absolute Gasteiger partial charge is 0.282 e. The fourth-order valence-corrected chi connectivity index (χ4v) is 4.05. The first-order chi connectivity index (χ1) is 9.59. The van der Waals surface area contributed by atoms with Crippen molar-refractivity contribution in [3.05, 3.63) is 42.0 Å². The first-order valence-corrected chi connectivity index (χ1v) is 8.49. The number of hydrogen-bond donors (Lipinski definition) is 0. The lowest BCUT2D eigenvalue weighted by Crippen LogP contribution is -2.45. The Hall–Kier alpha value is -1.17. The van der Waals surface area contributed by atoms with Gasteiger partial charge < -0.3 is 0 Å². The van der Waals surface area contributed by atoms with Crippen LogP contribution in [0, 0.1) is 0 Å². The summed E-state index contributed by atoms with van der Waals surface area (Å²) < 4.78 is 27.9. The van der Waals surface area contributed by atoms with Crippen molar-refractivity contribution in [1.29, 1.82) is 0 Å². The summed E-state index contributed by atoms with van der Waals surface area (Å²) in [6.07, 6.45) is 2.80. The van der Waals surface area contributed by atoms with Gasteiger partial charge in [-0.15, -0.1) is 0 Å². The standard InChI is InChI=1S/C15H22N2O2S/c1-3-16(4-2)20(18,19)17-12-10-15(11-13-17)14-8-6-5-7-9-14/h5-10H,3-4,11-13H2,1-2H3. The Morgan fingerprint density at radius 1 is 1.15 bits per heavy atom. The van der Waals surface area contributed by atoms with Crippen molar-refractivity contribution in [3.8, 4) is 0 Å². The highest BCUT2D eigenvalue weighted by Crippen LogP contribution is 2.24. The molecule has 0 aromatic heterocycles. The number of benzene rings is 1. The van der Waals surface area contributed by atoms with E-state index in [-0.39, 0.29) is 0 Å². The second kappa shape index (κ2) is 6.52. The Balaban J connectivity index is 2.13. The molecule has 110 valence electrons. The average Bonchev–Trinajstić information content (AvgIpc) is 2.49. The molecule has 0 bridgehead atoms. The lowest BCUT2D eigenvalue weighted by Gasteiger charge is -2.30. The van der Waals surface area contributed by atoms with Gasteiger partial charge in [-0.2, -0.15) is 17.0 Å². The molecule has 0 saturated heterocycles. The van der Waals surface area contributed by atoms with Crippen molar-refractivity contribution in [1.82, 2.24) is 8.61 Å². The van der Waals surface area contributed by atoms with Gasteiger partial charge in [-0.05, 0) is 17.6 Å². The summed E-state index contributed by atoms with van der Waals surface area (Å²) in [4.78, 5) is 0. The lowest BCUT2D eigenvalue weighted by atomic mass is 10.0. The SMILES string of the molecule is CCN(CC)S(=O)(=O)N1CC=C(c2ccccc2)CC1. The van der Waals surface area contributed by atoms with Crippen LogP contribution in [0.25, 0.3) is 5.57 Å². The lowest BCUT2D eigenvalue weighted by molar-refractivity contribution is 0.363. The van der Waals surface area contributed by atoms with E-state index in [1.165, 1.54) is 15.4 Å². The van der Waals surface area contributed by atoms with Gasteiger partial charge in [0.25, 0.3) is 10.2 Å². The number of nitrogens with zero attached hydrogens (tertiary/aromatic N) is 2. The first-order valence-electron chi connectivity index (χ1n) is 7.09. The Morgan fingerprint density at radius 3 is 2.30 bits per heavy atom. The molecule has 0 fully saturated rings. The van der Waals surface area contributed by atoms with Crippen LogP contribution >= 0.6 is 0 Å². The zero-order valence-electron chi connectivity index (χ0n) is 12.1. The molecular formula is C15H22N2O2S. The minimum Gasteiger partial charge on any atom is -0.195 e. The summed E-state index contributed by atoms with van der Waals surface area (Å²) in [7, 11) is -3.31. The third-order valence-electron chi connectivity index (χ3n) is 3.67. The maximum absolute atomic E-state index is 12.4. The summed E-state index contributed by atoms with van der Waals surface area (Å²) in [6, 6.07) is 10.1. The predicted molar refractivity (Wildman–Crippen MR) is 82.4 cm³/mol. The van der Waals surface area contributed by atoms with Crippen molar-refractivity contribution < 1.29 is 8.42 Å². The molecule has 1 aliphatic heterocycles. The molecular weight excluding hydrogens is 272 g/mol. The van der Waals surface area contributed by atoms with E-state index < -0.39 is 10.2 Å². The van der Waals surface area contributed by atoms with Crippen LogP contribution in [0.2, 0.25) is 0 Å².